The Balaban J connectivity index is 2.61. The van der Waals surface area contributed by atoms with E-state index in [9.17, 15) is 14.7 Å². The highest BCUT2D eigenvalue weighted by atomic mass is 16.4. The molecule has 1 rings (SSSR count). The lowest BCUT2D eigenvalue weighted by Crippen LogP contribution is -2.50. The Labute approximate surface area is 114 Å². The van der Waals surface area contributed by atoms with Crippen LogP contribution in [0.15, 0.2) is 12.7 Å². The lowest BCUT2D eigenvalue weighted by molar-refractivity contribution is -0.143. The summed E-state index contributed by atoms with van der Waals surface area (Å²) in [6.07, 6.45) is 5.85. The molecule has 0 aromatic rings. The maximum Gasteiger partial charge on any atom is 0.317 e. The normalized spacial score (nSPS) is 22.6. The van der Waals surface area contributed by atoms with Gasteiger partial charge in [-0.25, -0.2) is 4.79 Å². The summed E-state index contributed by atoms with van der Waals surface area (Å²) in [5.74, 6) is -1.26. The third-order valence-electron chi connectivity index (χ3n) is 3.52. The van der Waals surface area contributed by atoms with Crippen LogP contribution in [0.25, 0.3) is 0 Å². The number of hydrogen-bond donors (Lipinski definition) is 2. The average Bonchev–Trinajstić information content (AvgIpc) is 2.38. The average molecular weight is 268 g/mol. The minimum atomic E-state index is -0.809. The van der Waals surface area contributed by atoms with Crippen molar-refractivity contribution in [2.24, 2.45) is 5.92 Å². The molecule has 1 fully saturated rings. The molecule has 2 amide bonds. The van der Waals surface area contributed by atoms with Gasteiger partial charge in [0.2, 0.25) is 0 Å². The van der Waals surface area contributed by atoms with Gasteiger partial charge in [-0.1, -0.05) is 25.8 Å². The molecule has 0 aromatic carbocycles. The van der Waals surface area contributed by atoms with Gasteiger partial charge >= 0.3 is 12.0 Å². The fourth-order valence-electron chi connectivity index (χ4n) is 2.55. The van der Waals surface area contributed by atoms with Crippen molar-refractivity contribution in [3.63, 3.8) is 0 Å². The number of hydrogen-bond acceptors (Lipinski definition) is 2. The van der Waals surface area contributed by atoms with E-state index < -0.39 is 11.9 Å². The van der Waals surface area contributed by atoms with Crippen LogP contribution in [0.1, 0.15) is 39.0 Å². The molecule has 1 saturated carbocycles. The molecule has 0 aromatic heterocycles. The van der Waals surface area contributed by atoms with Crippen LogP contribution in [-0.4, -0.2) is 41.1 Å². The molecule has 0 heterocycles. The highest BCUT2D eigenvalue weighted by Crippen LogP contribution is 2.24. The van der Waals surface area contributed by atoms with Crippen molar-refractivity contribution < 1.29 is 14.7 Å². The van der Waals surface area contributed by atoms with Crippen LogP contribution in [0.5, 0.6) is 0 Å². The highest BCUT2D eigenvalue weighted by Gasteiger charge is 2.32. The van der Waals surface area contributed by atoms with Gasteiger partial charge in [0.25, 0.3) is 0 Å². The van der Waals surface area contributed by atoms with E-state index in [0.29, 0.717) is 19.5 Å². The summed E-state index contributed by atoms with van der Waals surface area (Å²) in [7, 11) is 0. The number of nitrogens with one attached hydrogen (secondary N) is 1. The van der Waals surface area contributed by atoms with Gasteiger partial charge < -0.3 is 15.3 Å². The Hall–Kier alpha value is -1.52. The summed E-state index contributed by atoms with van der Waals surface area (Å²) < 4.78 is 0. The van der Waals surface area contributed by atoms with Crippen LogP contribution in [-0.2, 0) is 4.79 Å². The first-order valence-corrected chi connectivity index (χ1v) is 6.99. The van der Waals surface area contributed by atoms with Gasteiger partial charge in [0.15, 0.2) is 0 Å². The highest BCUT2D eigenvalue weighted by molar-refractivity contribution is 5.77. The zero-order valence-electron chi connectivity index (χ0n) is 11.6. The van der Waals surface area contributed by atoms with E-state index in [1.807, 2.05) is 6.92 Å². The molecule has 108 valence electrons. The van der Waals surface area contributed by atoms with Gasteiger partial charge in [-0.3, -0.25) is 4.79 Å². The molecule has 0 radical (unpaired) electrons. The molecule has 5 nitrogen and oxygen atoms in total. The first kappa shape index (κ1) is 15.5. The topological polar surface area (TPSA) is 69.6 Å². The molecule has 0 bridgehead atoms. The molecule has 5 heteroatoms. The SMILES string of the molecule is C=CCN(CCC)C(=O)NC1CCCCC1C(=O)O. The van der Waals surface area contributed by atoms with Crippen LogP contribution in [0.4, 0.5) is 4.79 Å². The molecule has 2 atom stereocenters. The van der Waals surface area contributed by atoms with Gasteiger partial charge in [-0.05, 0) is 19.3 Å². The summed E-state index contributed by atoms with van der Waals surface area (Å²) in [5.41, 5.74) is 0. The van der Waals surface area contributed by atoms with E-state index in [2.05, 4.69) is 11.9 Å². The minimum Gasteiger partial charge on any atom is -0.481 e. The van der Waals surface area contributed by atoms with Crippen LogP contribution in [0, 0.1) is 5.92 Å². The van der Waals surface area contributed by atoms with Gasteiger partial charge in [-0.15, -0.1) is 6.58 Å². The number of carbonyl (C=O) groups excluding carboxylic acids is 1. The van der Waals surface area contributed by atoms with Crippen molar-refractivity contribution in [2.75, 3.05) is 13.1 Å². The van der Waals surface area contributed by atoms with Gasteiger partial charge in [0, 0.05) is 19.1 Å². The van der Waals surface area contributed by atoms with Gasteiger partial charge in [0.05, 0.1) is 5.92 Å². The number of rotatable bonds is 6. The lowest BCUT2D eigenvalue weighted by atomic mass is 9.84. The molecule has 0 spiro atoms. The number of urea groups is 1. The monoisotopic (exact) mass is 268 g/mol. The second-order valence-electron chi connectivity index (χ2n) is 5.02. The molecule has 1 aliphatic carbocycles. The van der Waals surface area contributed by atoms with E-state index in [1.54, 1.807) is 11.0 Å². The zero-order valence-corrected chi connectivity index (χ0v) is 11.6. The van der Waals surface area contributed by atoms with E-state index in [1.165, 1.54) is 0 Å². The summed E-state index contributed by atoms with van der Waals surface area (Å²) in [5, 5.41) is 12.1. The summed E-state index contributed by atoms with van der Waals surface area (Å²) in [6, 6.07) is -0.428. The maximum atomic E-state index is 12.1. The van der Waals surface area contributed by atoms with Crippen LogP contribution in [0.2, 0.25) is 0 Å². The predicted molar refractivity (Wildman–Crippen MR) is 74.0 cm³/mol. The van der Waals surface area contributed by atoms with E-state index >= 15 is 0 Å². The Morgan fingerprint density at radius 1 is 1.42 bits per heavy atom. The Morgan fingerprint density at radius 2 is 2.11 bits per heavy atom. The summed E-state index contributed by atoms with van der Waals surface area (Å²) in [6.45, 7) is 6.79. The predicted octanol–water partition coefficient (Wildman–Crippen LogP) is 2.24. The van der Waals surface area contributed by atoms with Crippen LogP contribution in [0.3, 0.4) is 0 Å². The van der Waals surface area contributed by atoms with E-state index in [0.717, 1.165) is 25.7 Å². The quantitative estimate of drug-likeness (QED) is 0.726. The van der Waals surface area contributed by atoms with Crippen molar-refractivity contribution in [1.82, 2.24) is 10.2 Å². The molecule has 1 aliphatic rings. The van der Waals surface area contributed by atoms with Crippen molar-refractivity contribution in [2.45, 2.75) is 45.1 Å². The third-order valence-corrected chi connectivity index (χ3v) is 3.52. The van der Waals surface area contributed by atoms with Crippen molar-refractivity contribution in [3.05, 3.63) is 12.7 Å². The number of amides is 2. The van der Waals surface area contributed by atoms with Gasteiger partial charge in [-0.2, -0.15) is 0 Å². The van der Waals surface area contributed by atoms with Crippen LogP contribution < -0.4 is 5.32 Å². The number of aliphatic carboxylic acids is 1. The fraction of sp³-hybridized carbons (Fsp3) is 0.714. The Kier molecular flexibility index (Phi) is 6.39. The third kappa shape index (κ3) is 4.58. The second kappa shape index (κ2) is 7.81. The number of carboxylic acid groups (broad SMARTS) is 1. The van der Waals surface area contributed by atoms with E-state index in [4.69, 9.17) is 0 Å². The first-order valence-electron chi connectivity index (χ1n) is 6.99. The smallest absolute Gasteiger partial charge is 0.317 e. The Morgan fingerprint density at radius 3 is 2.68 bits per heavy atom. The molecular weight excluding hydrogens is 244 g/mol. The summed E-state index contributed by atoms with van der Waals surface area (Å²) in [4.78, 5) is 25.0. The number of carbonyl (C=O) groups is 2. The zero-order chi connectivity index (χ0) is 14.3. The number of carboxylic acids is 1. The fourth-order valence-corrected chi connectivity index (χ4v) is 2.55. The minimum absolute atomic E-state index is 0.181. The van der Waals surface area contributed by atoms with Crippen molar-refractivity contribution in [3.8, 4) is 0 Å². The maximum absolute atomic E-state index is 12.1. The standard InChI is InChI=1S/C14H24N2O3/c1-3-9-16(10-4-2)14(19)15-12-8-6-5-7-11(12)13(17)18/h3,11-12H,1,4-10H2,2H3,(H,15,19)(H,17,18). The molecule has 0 saturated heterocycles. The van der Waals surface area contributed by atoms with Gasteiger partial charge in [0.1, 0.15) is 0 Å². The molecule has 19 heavy (non-hydrogen) atoms. The molecule has 2 unspecified atom stereocenters. The van der Waals surface area contributed by atoms with Crippen molar-refractivity contribution >= 4 is 12.0 Å². The number of nitrogens with zero attached hydrogens (tertiary/aromatic N) is 1. The molecule has 0 aliphatic heterocycles. The van der Waals surface area contributed by atoms with Crippen LogP contribution >= 0.6 is 0 Å². The largest absolute Gasteiger partial charge is 0.481 e. The molecule has 2 N–H and O–H groups in total. The Bertz CT molecular complexity index is 331. The lowest BCUT2D eigenvalue weighted by Gasteiger charge is -2.31. The summed E-state index contributed by atoms with van der Waals surface area (Å²) >= 11 is 0. The second-order valence-corrected chi connectivity index (χ2v) is 5.02. The first-order chi connectivity index (χ1) is 9.10. The molecular formula is C14H24N2O3. The van der Waals surface area contributed by atoms with Crippen molar-refractivity contribution in [1.29, 1.82) is 0 Å². The van der Waals surface area contributed by atoms with E-state index in [-0.39, 0.29) is 12.1 Å².